The summed E-state index contributed by atoms with van der Waals surface area (Å²) in [5.74, 6) is 0.0152. The number of nitrogens with two attached hydrogens (primary N) is 1. The quantitative estimate of drug-likeness (QED) is 0.379. The van der Waals surface area contributed by atoms with Crippen molar-refractivity contribution in [1.29, 1.82) is 0 Å². The minimum Gasteiger partial charge on any atom is -0.409 e. The summed E-state index contributed by atoms with van der Waals surface area (Å²) in [5, 5.41) is 12.4. The standard InChI is InChI=1S/C12H16ClN3O2/c1-16(8-5-6-18-7-8)10-4-2-3-9(13)11(10)12(14)15-17/h2-4,8,17H,5-7H2,1H3,(H2,14,15). The number of hydrogen-bond donors (Lipinski definition) is 2. The van der Waals surface area contributed by atoms with Gasteiger partial charge in [-0.15, -0.1) is 0 Å². The van der Waals surface area contributed by atoms with Crippen LogP contribution in [0.3, 0.4) is 0 Å². The van der Waals surface area contributed by atoms with E-state index in [4.69, 9.17) is 27.3 Å². The maximum Gasteiger partial charge on any atom is 0.173 e. The van der Waals surface area contributed by atoms with Crippen molar-refractivity contribution in [3.05, 3.63) is 28.8 Å². The normalized spacial score (nSPS) is 20.1. The molecular formula is C12H16ClN3O2. The van der Waals surface area contributed by atoms with Gasteiger partial charge in [0.05, 0.1) is 23.2 Å². The second kappa shape index (κ2) is 5.46. The molecule has 3 N–H and O–H groups in total. The fourth-order valence-electron chi connectivity index (χ4n) is 2.13. The third-order valence-electron chi connectivity index (χ3n) is 3.19. The van der Waals surface area contributed by atoms with E-state index in [1.165, 1.54) is 0 Å². The zero-order valence-electron chi connectivity index (χ0n) is 10.1. The monoisotopic (exact) mass is 269 g/mol. The predicted molar refractivity (Wildman–Crippen MR) is 71.6 cm³/mol. The minimum absolute atomic E-state index is 0.0152. The molecule has 1 saturated heterocycles. The molecule has 1 fully saturated rings. The van der Waals surface area contributed by atoms with Gasteiger partial charge in [0, 0.05) is 19.3 Å². The van der Waals surface area contributed by atoms with E-state index < -0.39 is 0 Å². The molecule has 0 aromatic heterocycles. The van der Waals surface area contributed by atoms with Crippen LogP contribution in [0.5, 0.6) is 0 Å². The molecule has 18 heavy (non-hydrogen) atoms. The summed E-state index contributed by atoms with van der Waals surface area (Å²) in [6.45, 7) is 1.44. The van der Waals surface area contributed by atoms with Gasteiger partial charge in [-0.3, -0.25) is 0 Å². The molecule has 1 aliphatic heterocycles. The van der Waals surface area contributed by atoms with Crippen LogP contribution in [-0.4, -0.2) is 37.3 Å². The van der Waals surface area contributed by atoms with E-state index in [9.17, 15) is 0 Å². The average molecular weight is 270 g/mol. The van der Waals surface area contributed by atoms with Crippen LogP contribution in [-0.2, 0) is 4.74 Å². The first-order valence-electron chi connectivity index (χ1n) is 5.72. The fourth-order valence-corrected chi connectivity index (χ4v) is 2.40. The summed E-state index contributed by atoms with van der Waals surface area (Å²) in [6, 6.07) is 5.75. The van der Waals surface area contributed by atoms with Gasteiger partial charge in [0.15, 0.2) is 5.84 Å². The Morgan fingerprint density at radius 2 is 2.39 bits per heavy atom. The minimum atomic E-state index is 0.0152. The number of likely N-dealkylation sites (N-methyl/N-ethyl adjacent to an activating group) is 1. The van der Waals surface area contributed by atoms with E-state index in [-0.39, 0.29) is 11.9 Å². The fraction of sp³-hybridized carbons (Fsp3) is 0.417. The summed E-state index contributed by atoms with van der Waals surface area (Å²) >= 11 is 6.12. The van der Waals surface area contributed by atoms with Crippen molar-refractivity contribution in [2.24, 2.45) is 10.9 Å². The van der Waals surface area contributed by atoms with Gasteiger partial charge in [0.1, 0.15) is 0 Å². The Morgan fingerprint density at radius 3 is 3.00 bits per heavy atom. The van der Waals surface area contributed by atoms with Gasteiger partial charge in [0.2, 0.25) is 0 Å². The zero-order valence-corrected chi connectivity index (χ0v) is 10.9. The van der Waals surface area contributed by atoms with Crippen LogP contribution in [0.25, 0.3) is 0 Å². The number of anilines is 1. The molecule has 0 spiro atoms. The molecule has 98 valence electrons. The van der Waals surface area contributed by atoms with Gasteiger partial charge in [0.25, 0.3) is 0 Å². The van der Waals surface area contributed by atoms with Crippen LogP contribution < -0.4 is 10.6 Å². The molecule has 1 aliphatic rings. The van der Waals surface area contributed by atoms with Gasteiger partial charge in [-0.1, -0.05) is 22.8 Å². The number of benzene rings is 1. The van der Waals surface area contributed by atoms with E-state index in [1.807, 2.05) is 19.2 Å². The average Bonchev–Trinajstić information content (AvgIpc) is 2.90. The molecule has 2 rings (SSSR count). The highest BCUT2D eigenvalue weighted by Gasteiger charge is 2.24. The summed E-state index contributed by atoms with van der Waals surface area (Å²) in [6.07, 6.45) is 0.957. The molecular weight excluding hydrogens is 254 g/mol. The predicted octanol–water partition coefficient (Wildman–Crippen LogP) is 1.66. The summed E-state index contributed by atoms with van der Waals surface area (Å²) < 4.78 is 5.37. The van der Waals surface area contributed by atoms with Crippen molar-refractivity contribution in [3.8, 4) is 0 Å². The molecule has 6 heteroatoms. The topological polar surface area (TPSA) is 71.1 Å². The van der Waals surface area contributed by atoms with Crippen LogP contribution in [0.2, 0.25) is 5.02 Å². The summed E-state index contributed by atoms with van der Waals surface area (Å²) in [7, 11) is 1.96. The SMILES string of the molecule is CN(c1cccc(Cl)c1/C(N)=N/O)C1CCOC1. The van der Waals surface area contributed by atoms with Crippen molar-refractivity contribution in [2.45, 2.75) is 12.5 Å². The second-order valence-electron chi connectivity index (χ2n) is 4.25. The highest BCUT2D eigenvalue weighted by atomic mass is 35.5. The van der Waals surface area contributed by atoms with Crippen molar-refractivity contribution < 1.29 is 9.94 Å². The van der Waals surface area contributed by atoms with Crippen molar-refractivity contribution in [3.63, 3.8) is 0 Å². The number of nitrogens with zero attached hydrogens (tertiary/aromatic N) is 2. The Balaban J connectivity index is 2.40. The highest BCUT2D eigenvalue weighted by molar-refractivity contribution is 6.34. The van der Waals surface area contributed by atoms with Crippen LogP contribution in [0.4, 0.5) is 5.69 Å². The lowest BCUT2D eigenvalue weighted by molar-refractivity contribution is 0.193. The molecule has 0 aliphatic carbocycles. The van der Waals surface area contributed by atoms with Gasteiger partial charge in [-0.2, -0.15) is 0 Å². The Bertz CT molecular complexity index is 459. The molecule has 5 nitrogen and oxygen atoms in total. The summed E-state index contributed by atoms with van der Waals surface area (Å²) in [5.41, 5.74) is 7.08. The van der Waals surface area contributed by atoms with Crippen molar-refractivity contribution >= 4 is 23.1 Å². The van der Waals surface area contributed by atoms with E-state index in [1.54, 1.807) is 6.07 Å². The lowest BCUT2D eigenvalue weighted by atomic mass is 10.1. The molecule has 1 aromatic rings. The van der Waals surface area contributed by atoms with Gasteiger partial charge in [-0.05, 0) is 18.6 Å². The molecule has 0 amide bonds. The lowest BCUT2D eigenvalue weighted by Gasteiger charge is -2.27. The van der Waals surface area contributed by atoms with Gasteiger partial charge < -0.3 is 20.6 Å². The number of ether oxygens (including phenoxy) is 1. The number of rotatable bonds is 3. The lowest BCUT2D eigenvalue weighted by Crippen LogP contribution is -2.33. The van der Waals surface area contributed by atoms with Crippen LogP contribution in [0.1, 0.15) is 12.0 Å². The first kappa shape index (κ1) is 13.0. The van der Waals surface area contributed by atoms with Crippen LogP contribution in [0.15, 0.2) is 23.4 Å². The Morgan fingerprint density at radius 1 is 1.61 bits per heavy atom. The van der Waals surface area contributed by atoms with E-state index >= 15 is 0 Å². The van der Waals surface area contributed by atoms with E-state index in [0.717, 1.165) is 18.7 Å². The molecule has 1 atom stereocenters. The molecule has 0 bridgehead atoms. The first-order valence-corrected chi connectivity index (χ1v) is 6.10. The van der Waals surface area contributed by atoms with Gasteiger partial charge in [-0.25, -0.2) is 0 Å². The number of oxime groups is 1. The number of hydrogen-bond acceptors (Lipinski definition) is 4. The Kier molecular flexibility index (Phi) is 3.93. The maximum absolute atomic E-state index is 8.85. The Labute approximate surface area is 111 Å². The molecule has 1 unspecified atom stereocenters. The third-order valence-corrected chi connectivity index (χ3v) is 3.50. The van der Waals surface area contributed by atoms with Crippen molar-refractivity contribution in [1.82, 2.24) is 0 Å². The van der Waals surface area contributed by atoms with Crippen LogP contribution in [0, 0.1) is 0 Å². The maximum atomic E-state index is 8.85. The molecule has 1 aromatic carbocycles. The molecule has 0 saturated carbocycles. The number of amidine groups is 1. The smallest absolute Gasteiger partial charge is 0.173 e. The third kappa shape index (κ3) is 2.37. The van der Waals surface area contributed by atoms with Crippen LogP contribution >= 0.6 is 11.6 Å². The first-order chi connectivity index (χ1) is 8.65. The zero-order chi connectivity index (χ0) is 13.1. The molecule has 1 heterocycles. The largest absolute Gasteiger partial charge is 0.409 e. The second-order valence-corrected chi connectivity index (χ2v) is 4.65. The van der Waals surface area contributed by atoms with Gasteiger partial charge >= 0.3 is 0 Å². The van der Waals surface area contributed by atoms with E-state index in [0.29, 0.717) is 17.2 Å². The van der Waals surface area contributed by atoms with Crippen molar-refractivity contribution in [2.75, 3.05) is 25.2 Å². The number of halogens is 1. The molecule has 0 radical (unpaired) electrons. The Hall–Kier alpha value is -1.46. The highest BCUT2D eigenvalue weighted by Crippen LogP contribution is 2.29. The van der Waals surface area contributed by atoms with E-state index in [2.05, 4.69) is 10.1 Å². The summed E-state index contributed by atoms with van der Waals surface area (Å²) in [4.78, 5) is 2.06.